The predicted octanol–water partition coefficient (Wildman–Crippen LogP) is 2.74. The van der Waals surface area contributed by atoms with Crippen LogP contribution in [0.1, 0.15) is 47.0 Å². The van der Waals surface area contributed by atoms with E-state index in [4.69, 9.17) is 5.73 Å². The van der Waals surface area contributed by atoms with E-state index in [1.807, 2.05) is 18.9 Å². The molecule has 18 heavy (non-hydrogen) atoms. The lowest BCUT2D eigenvalue weighted by Gasteiger charge is -2.24. The van der Waals surface area contributed by atoms with Crippen LogP contribution in [0.25, 0.3) is 0 Å². The van der Waals surface area contributed by atoms with Crippen LogP contribution >= 0.6 is 11.8 Å². The maximum Gasteiger partial charge on any atom is 0.235 e. The number of hydrogen-bond donors (Lipinski definition) is 1. The van der Waals surface area contributed by atoms with Crippen LogP contribution in [0.5, 0.6) is 0 Å². The number of carbonyl (C=O) groups excluding carboxylic acids is 1. The van der Waals surface area contributed by atoms with Gasteiger partial charge in [-0.15, -0.1) is 11.8 Å². The number of amides is 1. The van der Waals surface area contributed by atoms with Gasteiger partial charge < -0.3 is 10.6 Å². The van der Waals surface area contributed by atoms with Crippen LogP contribution in [0, 0.1) is 5.92 Å². The molecular weight excluding hydrogens is 244 g/mol. The zero-order valence-corrected chi connectivity index (χ0v) is 13.4. The first-order valence-corrected chi connectivity index (χ1v) is 8.07. The van der Waals surface area contributed by atoms with Crippen molar-refractivity contribution >= 4 is 17.7 Å². The van der Waals surface area contributed by atoms with E-state index in [0.717, 1.165) is 18.7 Å². The van der Waals surface area contributed by atoms with Gasteiger partial charge >= 0.3 is 0 Å². The Morgan fingerprint density at radius 3 is 2.44 bits per heavy atom. The summed E-state index contributed by atoms with van der Waals surface area (Å²) in [6, 6.07) is 0.184. The third-order valence-electron chi connectivity index (χ3n) is 3.24. The molecular formula is C14H30N2OS. The molecule has 0 heterocycles. The zero-order valence-electron chi connectivity index (χ0n) is 12.6. The standard InChI is InChI=1S/C14H30N2OS/c1-6-7-10-18-12(4)14(17)16(5)9-8-13(15)11(2)3/h11-13H,6-10,15H2,1-5H3. The van der Waals surface area contributed by atoms with Gasteiger partial charge in [-0.25, -0.2) is 0 Å². The van der Waals surface area contributed by atoms with Crippen LogP contribution in [0.4, 0.5) is 0 Å². The molecule has 0 spiro atoms. The summed E-state index contributed by atoms with van der Waals surface area (Å²) >= 11 is 1.76. The minimum Gasteiger partial charge on any atom is -0.345 e. The van der Waals surface area contributed by atoms with Crippen LogP contribution < -0.4 is 5.73 Å². The third kappa shape index (κ3) is 7.27. The molecule has 0 bridgehead atoms. The fraction of sp³-hybridized carbons (Fsp3) is 0.929. The smallest absolute Gasteiger partial charge is 0.235 e. The second-order valence-electron chi connectivity index (χ2n) is 5.32. The first-order chi connectivity index (χ1) is 8.40. The molecule has 0 fully saturated rings. The van der Waals surface area contributed by atoms with Gasteiger partial charge in [0.2, 0.25) is 5.91 Å². The van der Waals surface area contributed by atoms with E-state index in [0.29, 0.717) is 5.92 Å². The largest absolute Gasteiger partial charge is 0.345 e. The van der Waals surface area contributed by atoms with Gasteiger partial charge in [0.25, 0.3) is 0 Å². The number of unbranched alkanes of at least 4 members (excludes halogenated alkanes) is 1. The number of hydrogen-bond acceptors (Lipinski definition) is 3. The van der Waals surface area contributed by atoms with Crippen molar-refractivity contribution in [3.8, 4) is 0 Å². The second-order valence-corrected chi connectivity index (χ2v) is 6.77. The third-order valence-corrected chi connectivity index (χ3v) is 4.47. The first-order valence-electron chi connectivity index (χ1n) is 7.02. The Labute approximate surface area is 117 Å². The van der Waals surface area contributed by atoms with E-state index in [9.17, 15) is 4.79 Å². The molecule has 0 aliphatic heterocycles. The lowest BCUT2D eigenvalue weighted by atomic mass is 10.0. The molecule has 0 aromatic carbocycles. The Bertz CT molecular complexity index is 234. The highest BCUT2D eigenvalue weighted by Gasteiger charge is 2.18. The lowest BCUT2D eigenvalue weighted by molar-refractivity contribution is -0.129. The van der Waals surface area contributed by atoms with E-state index in [2.05, 4.69) is 20.8 Å². The Morgan fingerprint density at radius 2 is 1.94 bits per heavy atom. The number of thioether (sulfide) groups is 1. The Morgan fingerprint density at radius 1 is 1.33 bits per heavy atom. The number of rotatable bonds is 9. The molecule has 0 saturated carbocycles. The molecule has 0 radical (unpaired) electrons. The van der Waals surface area contributed by atoms with Crippen LogP contribution in [0.3, 0.4) is 0 Å². The summed E-state index contributed by atoms with van der Waals surface area (Å²) < 4.78 is 0. The highest BCUT2D eigenvalue weighted by molar-refractivity contribution is 8.00. The van der Waals surface area contributed by atoms with Gasteiger partial charge in [-0.05, 0) is 31.4 Å². The van der Waals surface area contributed by atoms with Crippen molar-refractivity contribution in [1.82, 2.24) is 4.90 Å². The lowest BCUT2D eigenvalue weighted by Crippen LogP contribution is -2.38. The number of nitrogens with zero attached hydrogens (tertiary/aromatic N) is 1. The summed E-state index contributed by atoms with van der Waals surface area (Å²) in [6.45, 7) is 9.18. The Kier molecular flexibility index (Phi) is 9.56. The fourth-order valence-electron chi connectivity index (χ4n) is 1.57. The first kappa shape index (κ1) is 17.8. The highest BCUT2D eigenvalue weighted by Crippen LogP contribution is 2.15. The van der Waals surface area contributed by atoms with Crippen molar-refractivity contribution in [2.75, 3.05) is 19.3 Å². The average Bonchev–Trinajstić information content (AvgIpc) is 2.34. The molecule has 4 heteroatoms. The molecule has 2 N–H and O–H groups in total. The molecule has 3 nitrogen and oxygen atoms in total. The molecule has 1 amide bonds. The minimum absolute atomic E-state index is 0.0665. The summed E-state index contributed by atoms with van der Waals surface area (Å²) in [5.41, 5.74) is 6.00. The minimum atomic E-state index is 0.0665. The number of carbonyl (C=O) groups is 1. The molecule has 0 aromatic rings. The van der Waals surface area contributed by atoms with Crippen molar-refractivity contribution in [3.63, 3.8) is 0 Å². The normalized spacial score (nSPS) is 14.6. The van der Waals surface area contributed by atoms with Gasteiger partial charge in [0, 0.05) is 19.6 Å². The van der Waals surface area contributed by atoms with Gasteiger partial charge in [0.05, 0.1) is 5.25 Å². The van der Waals surface area contributed by atoms with Crippen molar-refractivity contribution in [1.29, 1.82) is 0 Å². The van der Waals surface area contributed by atoms with E-state index in [1.165, 1.54) is 12.8 Å². The van der Waals surface area contributed by atoms with Crippen LogP contribution in [0.15, 0.2) is 0 Å². The van der Waals surface area contributed by atoms with Gasteiger partial charge in [0.15, 0.2) is 0 Å². The van der Waals surface area contributed by atoms with Gasteiger partial charge in [-0.3, -0.25) is 4.79 Å². The summed E-state index contributed by atoms with van der Waals surface area (Å²) in [4.78, 5) is 13.9. The summed E-state index contributed by atoms with van der Waals surface area (Å²) in [5, 5.41) is 0.0665. The second kappa shape index (κ2) is 9.68. The van der Waals surface area contributed by atoms with E-state index in [-0.39, 0.29) is 17.2 Å². The zero-order chi connectivity index (χ0) is 14.1. The quantitative estimate of drug-likeness (QED) is 0.658. The van der Waals surface area contributed by atoms with Crippen LogP contribution in [-0.2, 0) is 4.79 Å². The maximum atomic E-state index is 12.1. The Balaban J connectivity index is 3.94. The molecule has 0 aromatic heterocycles. The fourth-order valence-corrected chi connectivity index (χ4v) is 2.70. The van der Waals surface area contributed by atoms with Gasteiger partial charge in [0.1, 0.15) is 0 Å². The average molecular weight is 274 g/mol. The van der Waals surface area contributed by atoms with Gasteiger partial charge in [-0.2, -0.15) is 0 Å². The molecule has 0 rings (SSSR count). The summed E-state index contributed by atoms with van der Waals surface area (Å²) in [7, 11) is 1.88. The van der Waals surface area contributed by atoms with Crippen molar-refractivity contribution in [3.05, 3.63) is 0 Å². The molecule has 0 saturated heterocycles. The highest BCUT2D eigenvalue weighted by atomic mass is 32.2. The summed E-state index contributed by atoms with van der Waals surface area (Å²) in [6.07, 6.45) is 3.25. The van der Waals surface area contributed by atoms with Crippen molar-refractivity contribution in [2.24, 2.45) is 11.7 Å². The van der Waals surface area contributed by atoms with E-state index < -0.39 is 0 Å². The number of nitrogens with two attached hydrogens (primary N) is 1. The Hall–Kier alpha value is -0.220. The molecule has 108 valence electrons. The van der Waals surface area contributed by atoms with Crippen molar-refractivity contribution in [2.45, 2.75) is 58.2 Å². The SMILES string of the molecule is CCCCSC(C)C(=O)N(C)CCC(N)C(C)C. The van der Waals surface area contributed by atoms with E-state index in [1.54, 1.807) is 11.8 Å². The summed E-state index contributed by atoms with van der Waals surface area (Å²) in [5.74, 6) is 1.78. The monoisotopic (exact) mass is 274 g/mol. The molecule has 2 unspecified atom stereocenters. The molecule has 2 atom stereocenters. The van der Waals surface area contributed by atoms with Crippen LogP contribution in [0.2, 0.25) is 0 Å². The van der Waals surface area contributed by atoms with Crippen molar-refractivity contribution < 1.29 is 4.79 Å². The van der Waals surface area contributed by atoms with Gasteiger partial charge in [-0.1, -0.05) is 27.2 Å². The molecule has 0 aliphatic carbocycles. The van der Waals surface area contributed by atoms with E-state index >= 15 is 0 Å². The maximum absolute atomic E-state index is 12.1. The topological polar surface area (TPSA) is 46.3 Å². The molecule has 0 aliphatic rings. The predicted molar refractivity (Wildman–Crippen MR) is 81.9 cm³/mol. The van der Waals surface area contributed by atoms with Crippen LogP contribution in [-0.4, -0.2) is 41.4 Å².